The van der Waals surface area contributed by atoms with Crippen LogP contribution >= 0.6 is 0 Å². The van der Waals surface area contributed by atoms with Crippen LogP contribution < -0.4 is 5.32 Å². The summed E-state index contributed by atoms with van der Waals surface area (Å²) in [7, 11) is 0. The van der Waals surface area contributed by atoms with Crippen molar-refractivity contribution in [3.8, 4) is 11.1 Å². The molecule has 0 saturated heterocycles. The summed E-state index contributed by atoms with van der Waals surface area (Å²) in [5.41, 5.74) is -0.830. The molecule has 218 valence electrons. The SMILES string of the molecule is CCCc1cc(C(O)(C(F)(F)F)C(F)(F)F)ccc1-c1cc(CNCc2ccc(CO)c(CO)c2)ccc1CC. The molecule has 10 heteroatoms. The zero-order valence-electron chi connectivity index (χ0n) is 22.3. The number of aliphatic hydroxyl groups excluding tert-OH is 2. The average Bonchev–Trinajstić information content (AvgIpc) is 2.91. The van der Waals surface area contributed by atoms with E-state index in [0.29, 0.717) is 54.3 Å². The zero-order valence-corrected chi connectivity index (χ0v) is 22.3. The third-order valence-corrected chi connectivity index (χ3v) is 6.98. The Kier molecular flexibility index (Phi) is 10.1. The third-order valence-electron chi connectivity index (χ3n) is 6.98. The first-order valence-corrected chi connectivity index (χ1v) is 12.9. The second kappa shape index (κ2) is 12.7. The minimum atomic E-state index is -5.95. The number of nitrogens with one attached hydrogen (secondary N) is 1. The van der Waals surface area contributed by atoms with Gasteiger partial charge in [-0.25, -0.2) is 0 Å². The van der Waals surface area contributed by atoms with Gasteiger partial charge in [0, 0.05) is 18.7 Å². The summed E-state index contributed by atoms with van der Waals surface area (Å²) in [4.78, 5) is 0. The lowest BCUT2D eigenvalue weighted by atomic mass is 9.85. The van der Waals surface area contributed by atoms with Crippen LogP contribution in [0.3, 0.4) is 0 Å². The molecule has 0 amide bonds. The Morgan fingerprint density at radius 1 is 0.650 bits per heavy atom. The standard InChI is InChI=1S/C30H33F6NO3/c1-3-5-22-14-25(28(40,29(31,32)33)30(34,35)36)10-11-26(22)27-13-20(6-8-21(27)4-2)16-37-15-19-7-9-23(17-38)24(12-19)18-39/h6-14,37-40H,3-5,15-18H2,1-2H3. The Morgan fingerprint density at radius 3 is 1.75 bits per heavy atom. The van der Waals surface area contributed by atoms with Gasteiger partial charge in [0.15, 0.2) is 0 Å². The smallest absolute Gasteiger partial charge is 0.392 e. The highest BCUT2D eigenvalue weighted by Gasteiger charge is 2.71. The summed E-state index contributed by atoms with van der Waals surface area (Å²) in [6.45, 7) is 4.19. The summed E-state index contributed by atoms with van der Waals surface area (Å²) < 4.78 is 81.1. The van der Waals surface area contributed by atoms with Crippen LogP contribution in [0.1, 0.15) is 59.2 Å². The van der Waals surface area contributed by atoms with E-state index in [1.807, 2.05) is 31.2 Å². The minimum Gasteiger partial charge on any atom is -0.392 e. The van der Waals surface area contributed by atoms with Crippen molar-refractivity contribution in [1.82, 2.24) is 5.32 Å². The Bertz CT molecular complexity index is 1290. The molecular weight excluding hydrogens is 536 g/mol. The van der Waals surface area contributed by atoms with E-state index < -0.39 is 23.5 Å². The fourth-order valence-electron chi connectivity index (χ4n) is 4.78. The molecule has 0 aliphatic carbocycles. The molecule has 0 aromatic heterocycles. The molecule has 0 unspecified atom stereocenters. The molecule has 0 bridgehead atoms. The summed E-state index contributed by atoms with van der Waals surface area (Å²) in [6, 6.07) is 13.8. The van der Waals surface area contributed by atoms with E-state index in [1.165, 1.54) is 6.07 Å². The van der Waals surface area contributed by atoms with Crippen molar-refractivity contribution in [2.75, 3.05) is 0 Å². The molecule has 0 radical (unpaired) electrons. The van der Waals surface area contributed by atoms with Gasteiger partial charge in [0.2, 0.25) is 0 Å². The van der Waals surface area contributed by atoms with Gasteiger partial charge in [-0.2, -0.15) is 26.3 Å². The maximum atomic E-state index is 13.5. The summed E-state index contributed by atoms with van der Waals surface area (Å²) >= 11 is 0. The van der Waals surface area contributed by atoms with Crippen LogP contribution in [0.5, 0.6) is 0 Å². The van der Waals surface area contributed by atoms with E-state index in [1.54, 1.807) is 19.1 Å². The van der Waals surface area contributed by atoms with Gasteiger partial charge in [0.05, 0.1) is 13.2 Å². The highest BCUT2D eigenvalue weighted by Crippen LogP contribution is 2.50. The predicted octanol–water partition coefficient (Wildman–Crippen LogP) is 6.46. The number of aryl methyl sites for hydroxylation is 2. The quantitative estimate of drug-likeness (QED) is 0.200. The van der Waals surface area contributed by atoms with Crippen LogP contribution in [-0.2, 0) is 44.7 Å². The maximum Gasteiger partial charge on any atom is 0.430 e. The van der Waals surface area contributed by atoms with Gasteiger partial charge < -0.3 is 20.6 Å². The molecule has 0 aliphatic rings. The molecule has 3 aromatic rings. The lowest BCUT2D eigenvalue weighted by molar-refractivity contribution is -0.376. The highest BCUT2D eigenvalue weighted by atomic mass is 19.4. The number of alkyl halides is 6. The fourth-order valence-corrected chi connectivity index (χ4v) is 4.78. The Balaban J connectivity index is 1.96. The van der Waals surface area contributed by atoms with E-state index in [2.05, 4.69) is 5.32 Å². The number of hydrogen-bond acceptors (Lipinski definition) is 4. The van der Waals surface area contributed by atoms with Crippen LogP contribution in [0.25, 0.3) is 11.1 Å². The fraction of sp³-hybridized carbons (Fsp3) is 0.400. The average molecular weight is 570 g/mol. The van der Waals surface area contributed by atoms with Gasteiger partial charge in [0.25, 0.3) is 5.60 Å². The number of halogens is 6. The van der Waals surface area contributed by atoms with Crippen LogP contribution in [0.2, 0.25) is 0 Å². The summed E-state index contributed by atoms with van der Waals surface area (Å²) in [5, 5.41) is 32.1. The molecule has 0 aliphatic heterocycles. The van der Waals surface area contributed by atoms with Crippen LogP contribution in [0.15, 0.2) is 54.6 Å². The van der Waals surface area contributed by atoms with Gasteiger partial charge in [-0.15, -0.1) is 0 Å². The Hall–Kier alpha value is -2.92. The molecule has 4 nitrogen and oxygen atoms in total. The monoisotopic (exact) mass is 569 g/mol. The second-order valence-corrected chi connectivity index (χ2v) is 9.70. The number of aliphatic hydroxyl groups is 3. The van der Waals surface area contributed by atoms with Crippen LogP contribution in [-0.4, -0.2) is 27.7 Å². The van der Waals surface area contributed by atoms with Crippen molar-refractivity contribution in [2.24, 2.45) is 0 Å². The van der Waals surface area contributed by atoms with Crippen LogP contribution in [0, 0.1) is 0 Å². The van der Waals surface area contributed by atoms with Crippen molar-refractivity contribution in [2.45, 2.75) is 77.4 Å². The lowest BCUT2D eigenvalue weighted by Crippen LogP contribution is -2.53. The zero-order chi connectivity index (χ0) is 29.7. The van der Waals surface area contributed by atoms with E-state index >= 15 is 0 Å². The maximum absolute atomic E-state index is 13.5. The Labute approximate surface area is 229 Å². The number of benzene rings is 3. The minimum absolute atomic E-state index is 0.178. The molecule has 0 heterocycles. The number of rotatable bonds is 11. The molecule has 4 N–H and O–H groups in total. The van der Waals surface area contributed by atoms with Gasteiger partial charge in [-0.3, -0.25) is 0 Å². The molecule has 40 heavy (non-hydrogen) atoms. The highest BCUT2D eigenvalue weighted by molar-refractivity contribution is 5.72. The first kappa shape index (κ1) is 31.6. The molecule has 3 rings (SSSR count). The summed E-state index contributed by atoms with van der Waals surface area (Å²) in [5.74, 6) is 0. The van der Waals surface area contributed by atoms with Crippen molar-refractivity contribution < 1.29 is 41.7 Å². The Morgan fingerprint density at radius 2 is 1.23 bits per heavy atom. The van der Waals surface area contributed by atoms with Crippen LogP contribution in [0.4, 0.5) is 26.3 Å². The molecular formula is C30H33F6NO3. The van der Waals surface area contributed by atoms with Gasteiger partial charge in [0.1, 0.15) is 0 Å². The normalized spacial score (nSPS) is 12.7. The van der Waals surface area contributed by atoms with E-state index in [-0.39, 0.29) is 25.2 Å². The topological polar surface area (TPSA) is 72.7 Å². The van der Waals surface area contributed by atoms with E-state index in [9.17, 15) is 41.7 Å². The van der Waals surface area contributed by atoms with Crippen molar-refractivity contribution in [3.63, 3.8) is 0 Å². The van der Waals surface area contributed by atoms with E-state index in [4.69, 9.17) is 0 Å². The second-order valence-electron chi connectivity index (χ2n) is 9.70. The van der Waals surface area contributed by atoms with Gasteiger partial charge in [-0.1, -0.05) is 68.8 Å². The van der Waals surface area contributed by atoms with Gasteiger partial charge in [-0.05, 0) is 63.4 Å². The van der Waals surface area contributed by atoms with Gasteiger partial charge >= 0.3 is 12.4 Å². The van der Waals surface area contributed by atoms with E-state index in [0.717, 1.165) is 22.8 Å². The molecule has 0 saturated carbocycles. The van der Waals surface area contributed by atoms with Crippen molar-refractivity contribution in [1.29, 1.82) is 0 Å². The number of hydrogen-bond donors (Lipinski definition) is 4. The first-order valence-electron chi connectivity index (χ1n) is 12.9. The van der Waals surface area contributed by atoms with Crippen molar-refractivity contribution in [3.05, 3.63) is 93.5 Å². The molecule has 0 spiro atoms. The molecule has 3 aromatic carbocycles. The third kappa shape index (κ3) is 6.52. The predicted molar refractivity (Wildman–Crippen MR) is 140 cm³/mol. The molecule has 0 atom stereocenters. The first-order chi connectivity index (χ1) is 18.8. The summed E-state index contributed by atoms with van der Waals surface area (Å²) in [6.07, 6.45) is -10.6. The van der Waals surface area contributed by atoms with Crippen molar-refractivity contribution >= 4 is 0 Å². The largest absolute Gasteiger partial charge is 0.430 e. The molecule has 0 fully saturated rings. The lowest BCUT2D eigenvalue weighted by Gasteiger charge is -2.33.